The number of ether oxygens (including phenoxy) is 1. The third-order valence-electron chi connectivity index (χ3n) is 4.63. The van der Waals surface area contributed by atoms with E-state index in [0.717, 1.165) is 5.56 Å². The summed E-state index contributed by atoms with van der Waals surface area (Å²) in [6.07, 6.45) is 3.32. The van der Waals surface area contributed by atoms with Crippen molar-refractivity contribution in [1.82, 2.24) is 10.3 Å². The van der Waals surface area contributed by atoms with Crippen molar-refractivity contribution in [3.63, 3.8) is 0 Å². The Kier molecular flexibility index (Phi) is 5.86. The van der Waals surface area contributed by atoms with Crippen LogP contribution in [0.1, 0.15) is 32.7 Å². The van der Waals surface area contributed by atoms with Gasteiger partial charge in [0.15, 0.2) is 5.78 Å². The van der Waals surface area contributed by atoms with Gasteiger partial charge in [-0.3, -0.25) is 19.6 Å². The smallest absolute Gasteiger partial charge is 0.253 e. The lowest BCUT2D eigenvalue weighted by Crippen LogP contribution is -2.23. The standard InChI is InChI=1S/C23H18ClN3O3/c24-20-7-6-17(11-19(20)23(29)26-12-15-4-2-1-3-5-15)30-14-16-10-22(28)18-8-9-25-13-21(18)27-16/h1-9,11,13H,10,12,14H2,(H,26,29). The highest BCUT2D eigenvalue weighted by atomic mass is 35.5. The summed E-state index contributed by atoms with van der Waals surface area (Å²) in [5.74, 6) is 0.161. The summed E-state index contributed by atoms with van der Waals surface area (Å²) in [7, 11) is 0. The van der Waals surface area contributed by atoms with Crippen molar-refractivity contribution >= 4 is 34.7 Å². The Morgan fingerprint density at radius 3 is 2.80 bits per heavy atom. The first-order chi connectivity index (χ1) is 14.6. The lowest BCUT2D eigenvalue weighted by molar-refractivity contribution is 0.0949. The number of ketones is 1. The van der Waals surface area contributed by atoms with Crippen LogP contribution in [-0.2, 0) is 6.54 Å². The number of halogens is 1. The maximum Gasteiger partial charge on any atom is 0.253 e. The average molecular weight is 420 g/mol. The molecule has 0 spiro atoms. The number of amides is 1. The summed E-state index contributed by atoms with van der Waals surface area (Å²) in [6.45, 7) is 0.528. The van der Waals surface area contributed by atoms with E-state index in [9.17, 15) is 9.59 Å². The Morgan fingerprint density at radius 1 is 1.13 bits per heavy atom. The molecule has 0 aliphatic carbocycles. The predicted molar refractivity (Wildman–Crippen MR) is 115 cm³/mol. The molecule has 0 bridgehead atoms. The number of carbonyl (C=O) groups is 2. The zero-order valence-electron chi connectivity index (χ0n) is 16.0. The maximum absolute atomic E-state index is 12.6. The van der Waals surface area contributed by atoms with Crippen LogP contribution in [0, 0.1) is 0 Å². The van der Waals surface area contributed by atoms with Crippen molar-refractivity contribution < 1.29 is 14.3 Å². The minimum absolute atomic E-state index is 0.0157. The quantitative estimate of drug-likeness (QED) is 0.642. The Balaban J connectivity index is 1.43. The van der Waals surface area contributed by atoms with Crippen LogP contribution in [0.25, 0.3) is 0 Å². The fourth-order valence-electron chi connectivity index (χ4n) is 3.09. The molecule has 0 saturated heterocycles. The molecular weight excluding hydrogens is 402 g/mol. The minimum atomic E-state index is -0.292. The minimum Gasteiger partial charge on any atom is -0.488 e. The van der Waals surface area contributed by atoms with Crippen molar-refractivity contribution in [2.75, 3.05) is 6.61 Å². The molecule has 0 fully saturated rings. The van der Waals surface area contributed by atoms with E-state index in [0.29, 0.717) is 39.8 Å². The average Bonchev–Trinajstić information content (AvgIpc) is 2.77. The van der Waals surface area contributed by atoms with Gasteiger partial charge in [0.25, 0.3) is 5.91 Å². The summed E-state index contributed by atoms with van der Waals surface area (Å²) in [6, 6.07) is 16.1. The topological polar surface area (TPSA) is 80.7 Å². The largest absolute Gasteiger partial charge is 0.488 e. The van der Waals surface area contributed by atoms with Gasteiger partial charge in [-0.25, -0.2) is 0 Å². The van der Waals surface area contributed by atoms with Crippen LogP contribution in [0.4, 0.5) is 5.69 Å². The summed E-state index contributed by atoms with van der Waals surface area (Å²) < 4.78 is 5.78. The molecular formula is C23H18ClN3O3. The molecule has 6 nitrogen and oxygen atoms in total. The monoisotopic (exact) mass is 419 g/mol. The van der Waals surface area contributed by atoms with Crippen molar-refractivity contribution in [3.05, 3.63) is 88.7 Å². The number of Topliss-reactive ketones (excluding diaryl/α,β-unsaturated/α-hetero) is 1. The first-order valence-electron chi connectivity index (χ1n) is 9.38. The van der Waals surface area contributed by atoms with Crippen LogP contribution < -0.4 is 10.1 Å². The van der Waals surface area contributed by atoms with Gasteiger partial charge >= 0.3 is 0 Å². The van der Waals surface area contributed by atoms with E-state index in [4.69, 9.17) is 16.3 Å². The van der Waals surface area contributed by atoms with Crippen LogP contribution in [0.3, 0.4) is 0 Å². The summed E-state index contributed by atoms with van der Waals surface area (Å²) in [4.78, 5) is 33.3. The van der Waals surface area contributed by atoms with Gasteiger partial charge in [0, 0.05) is 18.3 Å². The van der Waals surface area contributed by atoms with Crippen LogP contribution >= 0.6 is 11.6 Å². The molecule has 1 amide bonds. The number of hydrogen-bond donors (Lipinski definition) is 1. The van der Waals surface area contributed by atoms with Gasteiger partial charge in [-0.15, -0.1) is 0 Å². The molecule has 0 radical (unpaired) electrons. The van der Waals surface area contributed by atoms with E-state index >= 15 is 0 Å². The number of nitrogens with one attached hydrogen (secondary N) is 1. The number of fused-ring (bicyclic) bond motifs is 1. The van der Waals surface area contributed by atoms with Crippen LogP contribution in [0.2, 0.25) is 5.02 Å². The second kappa shape index (κ2) is 8.88. The lowest BCUT2D eigenvalue weighted by atomic mass is 10.0. The normalized spacial score (nSPS) is 12.7. The number of aromatic nitrogens is 1. The molecule has 7 heteroatoms. The highest BCUT2D eigenvalue weighted by Gasteiger charge is 2.20. The Morgan fingerprint density at radius 2 is 1.97 bits per heavy atom. The third kappa shape index (κ3) is 4.55. The first-order valence-corrected chi connectivity index (χ1v) is 9.76. The van der Waals surface area contributed by atoms with Gasteiger partial charge in [-0.05, 0) is 29.8 Å². The highest BCUT2D eigenvalue weighted by Crippen LogP contribution is 2.26. The molecule has 2 aromatic carbocycles. The molecule has 1 aliphatic heterocycles. The molecule has 3 aromatic rings. The Labute approximate surface area is 178 Å². The summed E-state index contributed by atoms with van der Waals surface area (Å²) >= 11 is 6.21. The van der Waals surface area contributed by atoms with E-state index in [1.54, 1.807) is 36.7 Å². The molecule has 150 valence electrons. The lowest BCUT2D eigenvalue weighted by Gasteiger charge is -2.15. The van der Waals surface area contributed by atoms with Crippen LogP contribution in [-0.4, -0.2) is 29.0 Å². The van der Waals surface area contributed by atoms with Gasteiger partial charge in [-0.1, -0.05) is 41.9 Å². The molecule has 0 unspecified atom stereocenters. The zero-order valence-corrected chi connectivity index (χ0v) is 16.7. The summed E-state index contributed by atoms with van der Waals surface area (Å²) in [5.41, 5.74) is 3.03. The number of benzene rings is 2. The number of aliphatic imine (C=N–C) groups is 1. The molecule has 1 aliphatic rings. The SMILES string of the molecule is O=C(NCc1ccccc1)c1cc(OCC2=Nc3cnccc3C(=O)C2)ccc1Cl. The van der Waals surface area contributed by atoms with Crippen molar-refractivity contribution in [2.24, 2.45) is 4.99 Å². The molecule has 2 heterocycles. The van der Waals surface area contributed by atoms with Gasteiger partial charge in [0.1, 0.15) is 12.4 Å². The molecule has 30 heavy (non-hydrogen) atoms. The highest BCUT2D eigenvalue weighted by molar-refractivity contribution is 6.33. The van der Waals surface area contributed by atoms with Crippen molar-refractivity contribution in [3.8, 4) is 5.75 Å². The van der Waals surface area contributed by atoms with E-state index in [2.05, 4.69) is 15.3 Å². The second-order valence-corrected chi connectivity index (χ2v) is 7.18. The molecule has 4 rings (SSSR count). The number of nitrogens with zero attached hydrogens (tertiary/aromatic N) is 2. The van der Waals surface area contributed by atoms with Gasteiger partial charge in [0.05, 0.1) is 34.6 Å². The Bertz CT molecular complexity index is 1130. The number of pyridine rings is 1. The second-order valence-electron chi connectivity index (χ2n) is 6.77. The molecule has 1 aromatic heterocycles. The van der Waals surface area contributed by atoms with Gasteiger partial charge in [0.2, 0.25) is 0 Å². The molecule has 0 saturated carbocycles. The first kappa shape index (κ1) is 19.8. The van der Waals surface area contributed by atoms with Crippen LogP contribution in [0.15, 0.2) is 72.0 Å². The van der Waals surface area contributed by atoms with E-state index in [1.807, 2.05) is 30.3 Å². The molecule has 0 atom stereocenters. The number of carbonyl (C=O) groups excluding carboxylic acids is 2. The molecule has 1 N–H and O–H groups in total. The van der Waals surface area contributed by atoms with Gasteiger partial charge < -0.3 is 10.1 Å². The maximum atomic E-state index is 12.6. The summed E-state index contributed by atoms with van der Waals surface area (Å²) in [5, 5.41) is 3.18. The zero-order chi connectivity index (χ0) is 20.9. The van der Waals surface area contributed by atoms with Gasteiger partial charge in [-0.2, -0.15) is 0 Å². The Hall–Kier alpha value is -3.51. The van der Waals surface area contributed by atoms with Crippen molar-refractivity contribution in [1.29, 1.82) is 0 Å². The van der Waals surface area contributed by atoms with E-state index in [1.165, 1.54) is 0 Å². The number of hydrogen-bond acceptors (Lipinski definition) is 5. The van der Waals surface area contributed by atoms with Crippen molar-refractivity contribution in [2.45, 2.75) is 13.0 Å². The third-order valence-corrected chi connectivity index (χ3v) is 4.96. The fraction of sp³-hybridized carbons (Fsp3) is 0.130. The fourth-order valence-corrected chi connectivity index (χ4v) is 3.30. The number of rotatable bonds is 6. The van der Waals surface area contributed by atoms with E-state index in [-0.39, 0.29) is 24.7 Å². The van der Waals surface area contributed by atoms with E-state index < -0.39 is 0 Å². The predicted octanol–water partition coefficient (Wildman–Crippen LogP) is 4.40. The van der Waals surface area contributed by atoms with Crippen LogP contribution in [0.5, 0.6) is 5.75 Å².